The molecule has 0 aliphatic carbocycles. The molecular formula is C34H32F3N9S. The Labute approximate surface area is 273 Å². The number of aromatic nitrogens is 2. The van der Waals surface area contributed by atoms with Crippen molar-refractivity contribution in [3.8, 4) is 0 Å². The average molecular weight is 656 g/mol. The van der Waals surface area contributed by atoms with Crippen LogP contribution in [0.3, 0.4) is 0 Å². The van der Waals surface area contributed by atoms with E-state index in [1.807, 2.05) is 48.5 Å². The molecule has 0 bridgehead atoms. The lowest BCUT2D eigenvalue weighted by atomic mass is 10.1. The third-order valence-electron chi connectivity index (χ3n) is 7.46. The quantitative estimate of drug-likeness (QED) is 0.0659. The number of halogens is 3. The van der Waals surface area contributed by atoms with Crippen molar-refractivity contribution in [2.75, 3.05) is 27.0 Å². The summed E-state index contributed by atoms with van der Waals surface area (Å²) in [5, 5.41) is 23.0. The molecular weight excluding hydrogens is 623 g/mol. The fraction of sp³-hybridized carbons (Fsp3) is 0.176. The zero-order valence-electron chi connectivity index (χ0n) is 25.6. The second-order valence-electron chi connectivity index (χ2n) is 10.9. The Kier molecular flexibility index (Phi) is 9.34. The number of rotatable bonds is 12. The van der Waals surface area contributed by atoms with Gasteiger partial charge in [-0.1, -0.05) is 66.8 Å². The molecule has 9 nitrogen and oxygen atoms in total. The van der Waals surface area contributed by atoms with Gasteiger partial charge in [0.05, 0.1) is 34.9 Å². The smallest absolute Gasteiger partial charge is 0.382 e. The number of anilines is 5. The maximum atomic E-state index is 12.6. The molecule has 0 spiro atoms. The monoisotopic (exact) mass is 655 g/mol. The normalized spacial score (nSPS) is 12.4. The summed E-state index contributed by atoms with van der Waals surface area (Å²) in [6, 6.07) is 32.1. The fourth-order valence-corrected chi connectivity index (χ4v) is 5.62. The summed E-state index contributed by atoms with van der Waals surface area (Å²) in [7, 11) is 0. The highest BCUT2D eigenvalue weighted by Gasteiger charge is 2.29. The first kappa shape index (κ1) is 31.5. The van der Waals surface area contributed by atoms with Crippen molar-refractivity contribution in [3.05, 3.63) is 102 Å². The molecule has 5 aromatic carbocycles. The Morgan fingerprint density at radius 2 is 1.17 bits per heavy atom. The lowest BCUT2D eigenvalue weighted by molar-refractivity contribution is -0.127. The van der Waals surface area contributed by atoms with Gasteiger partial charge in [0.1, 0.15) is 5.01 Å². The van der Waals surface area contributed by atoms with E-state index in [0.717, 1.165) is 67.7 Å². The predicted octanol–water partition coefficient (Wildman–Crippen LogP) is 10.5. The van der Waals surface area contributed by atoms with E-state index in [2.05, 4.69) is 97.7 Å². The summed E-state index contributed by atoms with van der Waals surface area (Å²) in [5.74, 6) is 0. The Hall–Kier alpha value is -5.43. The van der Waals surface area contributed by atoms with E-state index in [1.54, 1.807) is 12.1 Å². The number of hydrazine groups is 2. The van der Waals surface area contributed by atoms with Gasteiger partial charge in [0.2, 0.25) is 0 Å². The summed E-state index contributed by atoms with van der Waals surface area (Å²) >= 11 is 0.759. The number of nitrogens with zero attached hydrogens (tertiary/aromatic N) is 4. The summed E-state index contributed by atoms with van der Waals surface area (Å²) < 4.78 is 37.7. The molecule has 0 radical (unpaired) electrons. The Morgan fingerprint density at radius 1 is 0.660 bits per heavy atom. The maximum Gasteiger partial charge on any atom is 0.395 e. The van der Waals surface area contributed by atoms with Crippen molar-refractivity contribution in [2.45, 2.75) is 38.9 Å². The van der Waals surface area contributed by atoms with Crippen LogP contribution in [0.2, 0.25) is 0 Å². The van der Waals surface area contributed by atoms with Crippen LogP contribution in [0, 0.1) is 0 Å². The van der Waals surface area contributed by atoms with Gasteiger partial charge in [0, 0.05) is 33.3 Å². The summed E-state index contributed by atoms with van der Waals surface area (Å²) in [5.41, 5.74) is 18.5. The summed E-state index contributed by atoms with van der Waals surface area (Å²) in [6.07, 6.45) is -4.44. The minimum Gasteiger partial charge on any atom is -0.382 e. The van der Waals surface area contributed by atoms with Crippen LogP contribution in [0.5, 0.6) is 0 Å². The van der Waals surface area contributed by atoms with Gasteiger partial charge in [-0.15, -0.1) is 20.4 Å². The predicted molar refractivity (Wildman–Crippen MR) is 186 cm³/mol. The van der Waals surface area contributed by atoms with Gasteiger partial charge in [-0.05, 0) is 61.9 Å². The zero-order chi connectivity index (χ0) is 32.8. The highest BCUT2D eigenvalue weighted by Crippen LogP contribution is 2.34. The number of hydrogen-bond donors (Lipinski definition) is 5. The van der Waals surface area contributed by atoms with E-state index >= 15 is 0 Å². The molecule has 0 amide bonds. The average Bonchev–Trinajstić information content (AvgIpc) is 3.52. The van der Waals surface area contributed by atoms with E-state index in [9.17, 15) is 13.2 Å². The molecule has 0 fully saturated rings. The Balaban J connectivity index is 1.11. The molecule has 6 rings (SSSR count). The van der Waals surface area contributed by atoms with E-state index in [0.29, 0.717) is 11.7 Å². The van der Waals surface area contributed by atoms with Crippen LogP contribution in [0.4, 0.5) is 52.4 Å². The first-order chi connectivity index (χ1) is 22.8. The van der Waals surface area contributed by atoms with Crippen molar-refractivity contribution in [2.24, 2.45) is 10.2 Å². The minimum atomic E-state index is -4.35. The third-order valence-corrected chi connectivity index (χ3v) is 8.27. The van der Waals surface area contributed by atoms with Gasteiger partial charge in [-0.2, -0.15) is 13.2 Å². The van der Waals surface area contributed by atoms with E-state index < -0.39 is 12.6 Å². The molecule has 13 heteroatoms. The van der Waals surface area contributed by atoms with Crippen molar-refractivity contribution in [3.63, 3.8) is 0 Å². The summed E-state index contributed by atoms with van der Waals surface area (Å²) in [4.78, 5) is 0. The van der Waals surface area contributed by atoms with Gasteiger partial charge >= 0.3 is 6.18 Å². The number of azo groups is 1. The van der Waals surface area contributed by atoms with E-state index in [1.165, 1.54) is 0 Å². The van der Waals surface area contributed by atoms with Crippen LogP contribution in [0.1, 0.15) is 25.3 Å². The standard InChI is InChI=1S/C34H32F3N9S/c1-3-21(2)38-28-16-17-30(25-9-5-4-8-24(25)28)42-43-31-19-18-29(26-10-6-7-11-27(26)31)41-39-22-12-14-23(15-13-22)40-45-33-46-44-32(47-33)20-34(35,36)37/h4-19,21,38-39,41-43H,3,20H2,1-2H3/b45-40+. The minimum absolute atomic E-state index is 0.0637. The molecule has 1 unspecified atom stereocenters. The van der Waals surface area contributed by atoms with Gasteiger partial charge < -0.3 is 27.0 Å². The van der Waals surface area contributed by atoms with Crippen molar-refractivity contribution in [1.29, 1.82) is 0 Å². The highest BCUT2D eigenvalue weighted by atomic mass is 32.1. The van der Waals surface area contributed by atoms with Crippen LogP contribution in [-0.4, -0.2) is 22.4 Å². The highest BCUT2D eigenvalue weighted by molar-refractivity contribution is 7.14. The number of alkyl halides is 3. The fourth-order valence-electron chi connectivity index (χ4n) is 4.93. The molecule has 0 saturated carbocycles. The van der Waals surface area contributed by atoms with Gasteiger partial charge in [0.15, 0.2) is 0 Å². The van der Waals surface area contributed by atoms with Crippen LogP contribution >= 0.6 is 11.3 Å². The maximum absolute atomic E-state index is 12.6. The Bertz CT molecular complexity index is 2010. The van der Waals surface area contributed by atoms with E-state index in [-0.39, 0.29) is 10.1 Å². The second-order valence-corrected chi connectivity index (χ2v) is 11.9. The lowest BCUT2D eigenvalue weighted by Gasteiger charge is -2.19. The number of fused-ring (bicyclic) bond motifs is 2. The van der Waals surface area contributed by atoms with Crippen LogP contribution in [0.15, 0.2) is 107 Å². The first-order valence-corrected chi connectivity index (χ1v) is 15.8. The number of hydrogen-bond acceptors (Lipinski definition) is 10. The molecule has 0 saturated heterocycles. The van der Waals surface area contributed by atoms with E-state index in [4.69, 9.17) is 0 Å². The van der Waals surface area contributed by atoms with Crippen molar-refractivity contribution in [1.82, 2.24) is 10.2 Å². The zero-order valence-corrected chi connectivity index (χ0v) is 26.4. The van der Waals surface area contributed by atoms with Crippen LogP contribution in [0.25, 0.3) is 21.5 Å². The van der Waals surface area contributed by atoms with Crippen molar-refractivity contribution < 1.29 is 13.2 Å². The molecule has 1 aromatic heterocycles. The Morgan fingerprint density at radius 3 is 1.70 bits per heavy atom. The van der Waals surface area contributed by atoms with Crippen LogP contribution in [-0.2, 0) is 6.42 Å². The molecule has 6 aromatic rings. The first-order valence-electron chi connectivity index (χ1n) is 15.0. The largest absolute Gasteiger partial charge is 0.395 e. The SMILES string of the molecule is CCC(C)Nc1ccc(NNc2ccc(NNc3ccc(/N=N/c4nnc(CC(F)(F)F)s4)cc3)c3ccccc23)c2ccccc12. The third kappa shape index (κ3) is 7.87. The molecule has 1 heterocycles. The second kappa shape index (κ2) is 13.9. The molecule has 5 N–H and O–H groups in total. The topological polar surface area (TPSA) is 111 Å². The van der Waals surface area contributed by atoms with Gasteiger partial charge in [0.25, 0.3) is 5.13 Å². The van der Waals surface area contributed by atoms with Crippen LogP contribution < -0.4 is 27.0 Å². The molecule has 1 atom stereocenters. The lowest BCUT2D eigenvalue weighted by Crippen LogP contribution is -2.14. The van der Waals surface area contributed by atoms with Gasteiger partial charge in [-0.3, -0.25) is 0 Å². The number of nitrogens with one attached hydrogen (secondary N) is 5. The molecule has 47 heavy (non-hydrogen) atoms. The van der Waals surface area contributed by atoms with Gasteiger partial charge in [-0.25, -0.2) is 0 Å². The molecule has 240 valence electrons. The van der Waals surface area contributed by atoms with Crippen molar-refractivity contribution >= 4 is 72.1 Å². The number of benzene rings is 5. The molecule has 0 aliphatic rings. The summed E-state index contributed by atoms with van der Waals surface area (Å²) in [6.45, 7) is 4.35. The molecule has 0 aliphatic heterocycles.